The zero-order valence-electron chi connectivity index (χ0n) is 8.46. The first kappa shape index (κ1) is 12.4. The van der Waals surface area contributed by atoms with E-state index in [-0.39, 0.29) is 6.42 Å². The van der Waals surface area contributed by atoms with E-state index in [0.29, 0.717) is 0 Å². The first-order valence-electron chi connectivity index (χ1n) is 5.12. The van der Waals surface area contributed by atoms with Crippen molar-refractivity contribution >= 4 is 5.97 Å². The molecule has 78 valence electrons. The number of hydrogen-bond donors (Lipinski definition) is 2. The molecule has 3 nitrogen and oxygen atoms in total. The second kappa shape index (κ2) is 8.05. The predicted octanol–water partition coefficient (Wildman–Crippen LogP) is 2.01. The SMILES string of the molecule is CCC(=O)O.NCC1CCCCC1. The Balaban J connectivity index is 0.000000252. The number of carboxylic acid groups (broad SMARTS) is 1. The summed E-state index contributed by atoms with van der Waals surface area (Å²) in [4.78, 5) is 9.37. The summed E-state index contributed by atoms with van der Waals surface area (Å²) in [5, 5.41) is 7.72. The standard InChI is InChI=1S/C7H15N.C3H6O2/c8-6-7-4-2-1-3-5-7;1-2-3(4)5/h7H,1-6,8H2;2H2,1H3,(H,4,5). The van der Waals surface area contributed by atoms with E-state index in [0.717, 1.165) is 12.5 Å². The summed E-state index contributed by atoms with van der Waals surface area (Å²) < 4.78 is 0. The topological polar surface area (TPSA) is 63.3 Å². The molecule has 0 saturated heterocycles. The fourth-order valence-electron chi connectivity index (χ4n) is 1.42. The average molecular weight is 187 g/mol. The van der Waals surface area contributed by atoms with Gasteiger partial charge in [-0.3, -0.25) is 4.79 Å². The summed E-state index contributed by atoms with van der Waals surface area (Å²) in [5.74, 6) is 0.119. The van der Waals surface area contributed by atoms with Gasteiger partial charge in [-0.15, -0.1) is 0 Å². The molecule has 0 heterocycles. The lowest BCUT2D eigenvalue weighted by Gasteiger charge is -2.18. The van der Waals surface area contributed by atoms with Crippen LogP contribution in [0.25, 0.3) is 0 Å². The van der Waals surface area contributed by atoms with Crippen molar-refractivity contribution in [2.75, 3.05) is 6.54 Å². The zero-order chi connectivity index (χ0) is 10.1. The molecule has 0 radical (unpaired) electrons. The summed E-state index contributed by atoms with van der Waals surface area (Å²) in [7, 11) is 0. The fourth-order valence-corrected chi connectivity index (χ4v) is 1.42. The monoisotopic (exact) mass is 187 g/mol. The Morgan fingerprint density at radius 2 is 1.85 bits per heavy atom. The van der Waals surface area contributed by atoms with E-state index in [1.165, 1.54) is 32.1 Å². The highest BCUT2D eigenvalue weighted by Gasteiger charge is 2.09. The van der Waals surface area contributed by atoms with Crippen molar-refractivity contribution in [1.29, 1.82) is 0 Å². The maximum atomic E-state index is 9.37. The molecule has 1 aliphatic rings. The van der Waals surface area contributed by atoms with Gasteiger partial charge in [0, 0.05) is 6.42 Å². The summed E-state index contributed by atoms with van der Waals surface area (Å²) in [6, 6.07) is 0. The molecule has 0 aromatic carbocycles. The Labute approximate surface area is 80.3 Å². The van der Waals surface area contributed by atoms with Crippen molar-refractivity contribution in [2.45, 2.75) is 45.4 Å². The lowest BCUT2D eigenvalue weighted by molar-refractivity contribution is -0.136. The molecule has 1 fully saturated rings. The maximum Gasteiger partial charge on any atom is 0.303 e. The van der Waals surface area contributed by atoms with Crippen molar-refractivity contribution < 1.29 is 9.90 Å². The van der Waals surface area contributed by atoms with Crippen molar-refractivity contribution in [3.05, 3.63) is 0 Å². The highest BCUT2D eigenvalue weighted by molar-refractivity contribution is 5.66. The van der Waals surface area contributed by atoms with Gasteiger partial charge in [-0.1, -0.05) is 26.2 Å². The number of aliphatic carboxylic acids is 1. The second-order valence-electron chi connectivity index (χ2n) is 3.49. The van der Waals surface area contributed by atoms with Crippen LogP contribution in [0.5, 0.6) is 0 Å². The molecule has 0 aromatic rings. The highest BCUT2D eigenvalue weighted by Crippen LogP contribution is 2.21. The Morgan fingerprint density at radius 3 is 2.08 bits per heavy atom. The van der Waals surface area contributed by atoms with Crippen LogP contribution in [0, 0.1) is 5.92 Å². The van der Waals surface area contributed by atoms with Crippen LogP contribution < -0.4 is 5.73 Å². The molecule has 0 spiro atoms. The van der Waals surface area contributed by atoms with Crippen LogP contribution in [0.3, 0.4) is 0 Å². The van der Waals surface area contributed by atoms with Crippen LogP contribution in [0.2, 0.25) is 0 Å². The first-order valence-corrected chi connectivity index (χ1v) is 5.12. The Morgan fingerprint density at radius 1 is 1.38 bits per heavy atom. The van der Waals surface area contributed by atoms with Gasteiger partial charge in [0.15, 0.2) is 0 Å². The molecule has 3 heteroatoms. The third-order valence-electron chi connectivity index (χ3n) is 2.36. The molecular formula is C10H21NO2. The lowest BCUT2D eigenvalue weighted by atomic mass is 9.90. The van der Waals surface area contributed by atoms with Crippen LogP contribution in [0.15, 0.2) is 0 Å². The van der Waals surface area contributed by atoms with E-state index in [2.05, 4.69) is 0 Å². The third kappa shape index (κ3) is 7.78. The predicted molar refractivity (Wildman–Crippen MR) is 53.6 cm³/mol. The molecule has 0 amide bonds. The van der Waals surface area contributed by atoms with Gasteiger partial charge in [0.05, 0.1) is 0 Å². The summed E-state index contributed by atoms with van der Waals surface area (Å²) in [6.07, 6.45) is 7.27. The van der Waals surface area contributed by atoms with Gasteiger partial charge < -0.3 is 10.8 Å². The zero-order valence-corrected chi connectivity index (χ0v) is 8.46. The molecular weight excluding hydrogens is 166 g/mol. The van der Waals surface area contributed by atoms with E-state index in [9.17, 15) is 4.79 Å². The number of carbonyl (C=O) groups is 1. The summed E-state index contributed by atoms with van der Waals surface area (Å²) in [6.45, 7) is 2.52. The molecule has 0 aliphatic heterocycles. The minimum absolute atomic E-state index is 0.222. The van der Waals surface area contributed by atoms with Gasteiger partial charge in [-0.25, -0.2) is 0 Å². The fraction of sp³-hybridized carbons (Fsp3) is 0.900. The van der Waals surface area contributed by atoms with E-state index in [1.54, 1.807) is 6.92 Å². The van der Waals surface area contributed by atoms with E-state index in [1.807, 2.05) is 0 Å². The minimum atomic E-state index is -0.745. The molecule has 1 aliphatic carbocycles. The molecule has 13 heavy (non-hydrogen) atoms. The molecule has 0 unspecified atom stereocenters. The summed E-state index contributed by atoms with van der Waals surface area (Å²) in [5.41, 5.74) is 5.50. The quantitative estimate of drug-likeness (QED) is 0.695. The van der Waals surface area contributed by atoms with Crippen LogP contribution in [-0.2, 0) is 4.79 Å². The van der Waals surface area contributed by atoms with Gasteiger partial charge in [0.25, 0.3) is 0 Å². The molecule has 1 saturated carbocycles. The normalized spacial score (nSPS) is 17.4. The third-order valence-corrected chi connectivity index (χ3v) is 2.36. The van der Waals surface area contributed by atoms with Crippen LogP contribution in [0.4, 0.5) is 0 Å². The van der Waals surface area contributed by atoms with Gasteiger partial charge in [0.1, 0.15) is 0 Å². The number of carboxylic acids is 1. The van der Waals surface area contributed by atoms with Crippen molar-refractivity contribution in [2.24, 2.45) is 11.7 Å². The Bertz CT molecular complexity index is 131. The van der Waals surface area contributed by atoms with Crippen molar-refractivity contribution in [3.8, 4) is 0 Å². The average Bonchev–Trinajstić information content (AvgIpc) is 2.20. The lowest BCUT2D eigenvalue weighted by Crippen LogP contribution is -2.16. The van der Waals surface area contributed by atoms with Gasteiger partial charge in [-0.05, 0) is 25.3 Å². The van der Waals surface area contributed by atoms with E-state index >= 15 is 0 Å². The first-order chi connectivity index (χ1) is 6.20. The minimum Gasteiger partial charge on any atom is -0.481 e. The second-order valence-corrected chi connectivity index (χ2v) is 3.49. The molecule has 3 N–H and O–H groups in total. The molecule has 0 aromatic heterocycles. The van der Waals surface area contributed by atoms with Crippen molar-refractivity contribution in [1.82, 2.24) is 0 Å². The molecule has 0 atom stereocenters. The summed E-state index contributed by atoms with van der Waals surface area (Å²) >= 11 is 0. The largest absolute Gasteiger partial charge is 0.481 e. The highest BCUT2D eigenvalue weighted by atomic mass is 16.4. The van der Waals surface area contributed by atoms with Crippen LogP contribution in [0.1, 0.15) is 45.4 Å². The number of hydrogen-bond acceptors (Lipinski definition) is 2. The number of rotatable bonds is 2. The Hall–Kier alpha value is -0.570. The van der Waals surface area contributed by atoms with E-state index in [4.69, 9.17) is 10.8 Å². The van der Waals surface area contributed by atoms with E-state index < -0.39 is 5.97 Å². The molecule has 0 bridgehead atoms. The van der Waals surface area contributed by atoms with Crippen molar-refractivity contribution in [3.63, 3.8) is 0 Å². The van der Waals surface area contributed by atoms with Gasteiger partial charge >= 0.3 is 5.97 Å². The van der Waals surface area contributed by atoms with Gasteiger partial charge in [-0.2, -0.15) is 0 Å². The van der Waals surface area contributed by atoms with Crippen LogP contribution in [-0.4, -0.2) is 17.6 Å². The maximum absolute atomic E-state index is 9.37. The van der Waals surface area contributed by atoms with Crippen LogP contribution >= 0.6 is 0 Å². The number of nitrogens with two attached hydrogens (primary N) is 1. The Kier molecular flexibility index (Phi) is 7.69. The smallest absolute Gasteiger partial charge is 0.303 e. The molecule has 1 rings (SSSR count). The van der Waals surface area contributed by atoms with Gasteiger partial charge in [0.2, 0.25) is 0 Å².